The number of rotatable bonds is 6. The summed E-state index contributed by atoms with van der Waals surface area (Å²) in [6, 6.07) is 10.9. The lowest BCUT2D eigenvalue weighted by atomic mass is 10.1. The van der Waals surface area contributed by atoms with E-state index in [2.05, 4.69) is 26.4 Å². The number of hydrogen-bond acceptors (Lipinski definition) is 8. The Morgan fingerprint density at radius 3 is 2.53 bits per heavy atom. The van der Waals surface area contributed by atoms with E-state index in [0.717, 1.165) is 28.6 Å². The minimum atomic E-state index is -0.594. The predicted octanol–water partition coefficient (Wildman–Crippen LogP) is 1.74. The van der Waals surface area contributed by atoms with Crippen molar-refractivity contribution in [1.29, 1.82) is 0 Å². The van der Waals surface area contributed by atoms with Gasteiger partial charge < -0.3 is 0 Å². The molecule has 154 valence electrons. The van der Waals surface area contributed by atoms with Gasteiger partial charge in [0.25, 0.3) is 11.6 Å². The molecule has 0 unspecified atom stereocenters. The second-order valence-corrected chi connectivity index (χ2v) is 7.20. The molecule has 0 radical (unpaired) electrons. The highest BCUT2D eigenvalue weighted by molar-refractivity contribution is 7.99. The topological polar surface area (TPSA) is 145 Å². The standard InChI is InChI=1S/C18H17N7O4S/c1-11-3-8-15(12(2)9-11)24-18(21-22-23-24)30-10-16(26)19-20-17(27)13-4-6-14(7-5-13)25(28)29/h3-9H,10H2,1-2H3,(H,19,26)(H,20,27). The van der Waals surface area contributed by atoms with Crippen LogP contribution in [0.25, 0.3) is 5.69 Å². The number of hydrazine groups is 1. The van der Waals surface area contributed by atoms with Crippen LogP contribution in [0, 0.1) is 24.0 Å². The smallest absolute Gasteiger partial charge is 0.269 e. The van der Waals surface area contributed by atoms with Crippen LogP contribution in [-0.4, -0.2) is 42.7 Å². The summed E-state index contributed by atoms with van der Waals surface area (Å²) in [5, 5.41) is 22.6. The van der Waals surface area contributed by atoms with Crippen molar-refractivity contribution in [3.8, 4) is 5.69 Å². The van der Waals surface area contributed by atoms with E-state index in [0.29, 0.717) is 5.16 Å². The first kappa shape index (κ1) is 20.9. The molecule has 0 aliphatic carbocycles. The van der Waals surface area contributed by atoms with Gasteiger partial charge in [-0.05, 0) is 48.0 Å². The Morgan fingerprint density at radius 1 is 1.13 bits per heavy atom. The third-order valence-electron chi connectivity index (χ3n) is 4.01. The average Bonchev–Trinajstić information content (AvgIpc) is 3.18. The van der Waals surface area contributed by atoms with Gasteiger partial charge in [0.1, 0.15) is 0 Å². The molecule has 0 atom stereocenters. The lowest BCUT2D eigenvalue weighted by Gasteiger charge is -2.09. The molecule has 30 heavy (non-hydrogen) atoms. The highest BCUT2D eigenvalue weighted by Crippen LogP contribution is 2.21. The lowest BCUT2D eigenvalue weighted by Crippen LogP contribution is -2.42. The molecule has 0 aliphatic rings. The molecule has 0 fully saturated rings. The number of carbonyl (C=O) groups is 2. The van der Waals surface area contributed by atoms with E-state index in [4.69, 9.17) is 0 Å². The molecule has 3 rings (SSSR count). The quantitative estimate of drug-likeness (QED) is 0.344. The van der Waals surface area contributed by atoms with Crippen LogP contribution in [0.5, 0.6) is 0 Å². The van der Waals surface area contributed by atoms with Gasteiger partial charge >= 0.3 is 0 Å². The third kappa shape index (κ3) is 4.97. The number of tetrazole rings is 1. The minimum Gasteiger partial charge on any atom is -0.272 e. The fourth-order valence-corrected chi connectivity index (χ4v) is 3.25. The van der Waals surface area contributed by atoms with E-state index in [1.807, 2.05) is 32.0 Å². The summed E-state index contributed by atoms with van der Waals surface area (Å²) in [6.45, 7) is 3.93. The molecule has 0 saturated heterocycles. The van der Waals surface area contributed by atoms with Crippen LogP contribution in [0.3, 0.4) is 0 Å². The molecule has 2 amide bonds. The highest BCUT2D eigenvalue weighted by Gasteiger charge is 2.14. The maximum Gasteiger partial charge on any atom is 0.269 e. The van der Waals surface area contributed by atoms with E-state index in [9.17, 15) is 19.7 Å². The van der Waals surface area contributed by atoms with Gasteiger partial charge in [-0.25, -0.2) is 0 Å². The van der Waals surface area contributed by atoms with Gasteiger partial charge in [0.15, 0.2) is 0 Å². The monoisotopic (exact) mass is 427 g/mol. The fourth-order valence-electron chi connectivity index (χ4n) is 2.56. The number of non-ortho nitro benzene ring substituents is 1. The van der Waals surface area contributed by atoms with Crippen molar-refractivity contribution in [1.82, 2.24) is 31.1 Å². The lowest BCUT2D eigenvalue weighted by molar-refractivity contribution is -0.384. The van der Waals surface area contributed by atoms with Crippen LogP contribution in [-0.2, 0) is 4.79 Å². The van der Waals surface area contributed by atoms with E-state index in [-0.39, 0.29) is 17.0 Å². The molecule has 1 heterocycles. The largest absolute Gasteiger partial charge is 0.272 e. The van der Waals surface area contributed by atoms with E-state index in [1.54, 1.807) is 4.68 Å². The van der Waals surface area contributed by atoms with Gasteiger partial charge in [-0.15, -0.1) is 5.10 Å². The molecule has 0 spiro atoms. The Morgan fingerprint density at radius 2 is 1.87 bits per heavy atom. The zero-order valence-corrected chi connectivity index (χ0v) is 16.8. The number of aryl methyl sites for hydroxylation is 2. The van der Waals surface area contributed by atoms with E-state index < -0.39 is 16.7 Å². The van der Waals surface area contributed by atoms with Crippen LogP contribution in [0.15, 0.2) is 47.6 Å². The van der Waals surface area contributed by atoms with Crippen molar-refractivity contribution < 1.29 is 14.5 Å². The molecule has 0 aliphatic heterocycles. The van der Waals surface area contributed by atoms with Gasteiger partial charge in [-0.2, -0.15) is 4.68 Å². The number of benzene rings is 2. The summed E-state index contributed by atoms with van der Waals surface area (Å²) < 4.78 is 1.54. The molecule has 0 saturated carbocycles. The number of thioether (sulfide) groups is 1. The second-order valence-electron chi connectivity index (χ2n) is 6.26. The average molecular weight is 427 g/mol. The second kappa shape index (κ2) is 9.13. The molecular formula is C18H17N7O4S. The summed E-state index contributed by atoms with van der Waals surface area (Å²) in [5.41, 5.74) is 7.50. The Kier molecular flexibility index (Phi) is 6.37. The number of nitro benzene ring substituents is 1. The first-order chi connectivity index (χ1) is 14.3. The van der Waals surface area contributed by atoms with Crippen molar-refractivity contribution in [2.24, 2.45) is 0 Å². The van der Waals surface area contributed by atoms with Crippen molar-refractivity contribution in [2.45, 2.75) is 19.0 Å². The summed E-state index contributed by atoms with van der Waals surface area (Å²) in [5.74, 6) is -1.10. The van der Waals surface area contributed by atoms with Gasteiger partial charge in [0, 0.05) is 17.7 Å². The number of carbonyl (C=O) groups excluding carboxylic acids is 2. The van der Waals surface area contributed by atoms with Crippen molar-refractivity contribution in [3.63, 3.8) is 0 Å². The van der Waals surface area contributed by atoms with Crippen LogP contribution in [0.2, 0.25) is 0 Å². The van der Waals surface area contributed by atoms with Crippen LogP contribution < -0.4 is 10.9 Å². The minimum absolute atomic E-state index is 0.0359. The molecule has 0 bridgehead atoms. The summed E-state index contributed by atoms with van der Waals surface area (Å²) in [6.07, 6.45) is 0. The van der Waals surface area contributed by atoms with Crippen molar-refractivity contribution >= 4 is 29.3 Å². The summed E-state index contributed by atoms with van der Waals surface area (Å²) >= 11 is 1.11. The zero-order chi connectivity index (χ0) is 21.7. The van der Waals surface area contributed by atoms with Crippen LogP contribution in [0.4, 0.5) is 5.69 Å². The number of aromatic nitrogens is 4. The van der Waals surface area contributed by atoms with Gasteiger partial charge in [0.05, 0.1) is 16.4 Å². The van der Waals surface area contributed by atoms with Gasteiger partial charge in [-0.3, -0.25) is 30.6 Å². The van der Waals surface area contributed by atoms with Crippen LogP contribution >= 0.6 is 11.8 Å². The van der Waals surface area contributed by atoms with E-state index in [1.165, 1.54) is 24.3 Å². The number of nitrogens with zero attached hydrogens (tertiary/aromatic N) is 5. The fraction of sp³-hybridized carbons (Fsp3) is 0.167. The van der Waals surface area contributed by atoms with Crippen molar-refractivity contribution in [2.75, 3.05) is 5.75 Å². The number of amides is 2. The first-order valence-corrected chi connectivity index (χ1v) is 9.66. The normalized spacial score (nSPS) is 10.5. The molecule has 11 nitrogen and oxygen atoms in total. The maximum atomic E-state index is 12.1. The highest BCUT2D eigenvalue weighted by atomic mass is 32.2. The third-order valence-corrected chi connectivity index (χ3v) is 4.93. The molecule has 1 aromatic heterocycles. The Labute approximate surface area is 175 Å². The number of nitro groups is 1. The van der Waals surface area contributed by atoms with Gasteiger partial charge in [-0.1, -0.05) is 29.5 Å². The molecule has 3 aromatic rings. The Balaban J connectivity index is 1.55. The summed E-state index contributed by atoms with van der Waals surface area (Å²) in [7, 11) is 0. The first-order valence-electron chi connectivity index (χ1n) is 8.67. The molecule has 2 aromatic carbocycles. The maximum absolute atomic E-state index is 12.1. The Hall–Kier alpha value is -3.80. The Bertz CT molecular complexity index is 1100. The molecule has 2 N–H and O–H groups in total. The zero-order valence-electron chi connectivity index (χ0n) is 16.0. The number of hydrogen-bond donors (Lipinski definition) is 2. The molecular weight excluding hydrogens is 410 g/mol. The van der Waals surface area contributed by atoms with Crippen molar-refractivity contribution in [3.05, 3.63) is 69.3 Å². The van der Waals surface area contributed by atoms with E-state index >= 15 is 0 Å². The summed E-state index contributed by atoms with van der Waals surface area (Å²) in [4.78, 5) is 34.2. The molecule has 12 heteroatoms. The van der Waals surface area contributed by atoms with Crippen LogP contribution in [0.1, 0.15) is 21.5 Å². The van der Waals surface area contributed by atoms with Gasteiger partial charge in [0.2, 0.25) is 11.1 Å². The number of nitrogens with one attached hydrogen (secondary N) is 2. The predicted molar refractivity (Wildman–Crippen MR) is 108 cm³/mol. The SMILES string of the molecule is Cc1ccc(-n2nnnc2SCC(=O)NNC(=O)c2ccc([N+](=O)[O-])cc2)c(C)c1.